The number of hydrogen-bond donors (Lipinski definition) is 2. The molecule has 28 heavy (non-hydrogen) atoms. The van der Waals surface area contributed by atoms with Gasteiger partial charge in [0, 0.05) is 25.4 Å². The van der Waals surface area contributed by atoms with Crippen molar-refractivity contribution in [3.05, 3.63) is 35.9 Å². The number of carbonyl (C=O) groups excluding carboxylic acids is 2. The maximum atomic E-state index is 12.6. The van der Waals surface area contributed by atoms with Crippen LogP contribution in [0.5, 0.6) is 0 Å². The molecule has 1 aliphatic rings. The van der Waals surface area contributed by atoms with E-state index in [9.17, 15) is 19.5 Å². The van der Waals surface area contributed by atoms with E-state index in [1.807, 2.05) is 18.2 Å². The normalized spacial score (nSPS) is 18.2. The van der Waals surface area contributed by atoms with Gasteiger partial charge in [-0.2, -0.15) is 0 Å². The molecule has 2 unspecified atom stereocenters. The third-order valence-corrected chi connectivity index (χ3v) is 4.68. The van der Waals surface area contributed by atoms with Crippen LogP contribution in [0.2, 0.25) is 0 Å². The molecule has 0 spiro atoms. The summed E-state index contributed by atoms with van der Waals surface area (Å²) >= 11 is 0. The minimum absolute atomic E-state index is 0.0277. The van der Waals surface area contributed by atoms with Crippen molar-refractivity contribution in [2.24, 2.45) is 0 Å². The van der Waals surface area contributed by atoms with Crippen LogP contribution in [0.3, 0.4) is 0 Å². The second kappa shape index (κ2) is 9.57. The predicted molar refractivity (Wildman–Crippen MR) is 105 cm³/mol. The second-order valence-electron chi connectivity index (χ2n) is 8.17. The zero-order valence-electron chi connectivity index (χ0n) is 16.8. The number of nitrogens with one attached hydrogen (secondary N) is 1. The van der Waals surface area contributed by atoms with Crippen LogP contribution in [0.25, 0.3) is 0 Å². The molecule has 1 saturated heterocycles. The van der Waals surface area contributed by atoms with Crippen molar-refractivity contribution in [3.63, 3.8) is 0 Å². The molecule has 1 aromatic carbocycles. The molecule has 1 fully saturated rings. The van der Waals surface area contributed by atoms with Crippen molar-refractivity contribution in [1.29, 1.82) is 0 Å². The number of rotatable bonds is 6. The average Bonchev–Trinajstić information content (AvgIpc) is 2.64. The van der Waals surface area contributed by atoms with Crippen molar-refractivity contribution < 1.29 is 24.2 Å². The molecule has 7 nitrogen and oxygen atoms in total. The van der Waals surface area contributed by atoms with Gasteiger partial charge in [-0.05, 0) is 45.6 Å². The molecule has 1 heterocycles. The van der Waals surface area contributed by atoms with Gasteiger partial charge in [0.25, 0.3) is 0 Å². The van der Waals surface area contributed by atoms with Crippen LogP contribution < -0.4 is 5.32 Å². The lowest BCUT2D eigenvalue weighted by atomic mass is 9.90. The molecule has 2 amide bonds. The minimum Gasteiger partial charge on any atom is -0.480 e. The zero-order chi connectivity index (χ0) is 20.7. The highest BCUT2D eigenvalue weighted by atomic mass is 16.6. The lowest BCUT2D eigenvalue weighted by Gasteiger charge is -2.33. The van der Waals surface area contributed by atoms with E-state index in [2.05, 4.69) is 17.4 Å². The van der Waals surface area contributed by atoms with E-state index in [4.69, 9.17) is 4.74 Å². The predicted octanol–water partition coefficient (Wildman–Crippen LogP) is 3.15. The molecule has 0 bridgehead atoms. The Morgan fingerprint density at radius 2 is 1.93 bits per heavy atom. The number of alkyl carbamates (subject to hydrolysis) is 1. The van der Waals surface area contributed by atoms with Crippen LogP contribution >= 0.6 is 0 Å². The standard InChI is InChI=1S/C21H30N2O5/c1-21(2,3)28-20(27)22-17(19(25)26)11-12-18(24)23-13-7-10-16(14-23)15-8-5-4-6-9-15/h4-6,8-9,16-17H,7,10-14H2,1-3H3,(H,22,27)(H,25,26). The maximum absolute atomic E-state index is 12.6. The summed E-state index contributed by atoms with van der Waals surface area (Å²) in [5.74, 6) is -0.966. The summed E-state index contributed by atoms with van der Waals surface area (Å²) in [5.41, 5.74) is 0.499. The number of nitrogens with zero attached hydrogens (tertiary/aromatic N) is 1. The number of hydrogen-bond acceptors (Lipinski definition) is 4. The highest BCUT2D eigenvalue weighted by Crippen LogP contribution is 2.27. The van der Waals surface area contributed by atoms with E-state index in [0.29, 0.717) is 19.0 Å². The molecular weight excluding hydrogens is 360 g/mol. The summed E-state index contributed by atoms with van der Waals surface area (Å²) in [6, 6.07) is 8.95. The molecule has 1 aliphatic heterocycles. The van der Waals surface area contributed by atoms with Gasteiger partial charge in [-0.3, -0.25) is 4.79 Å². The summed E-state index contributed by atoms with van der Waals surface area (Å²) in [6.07, 6.45) is 1.25. The number of piperidine rings is 1. The average molecular weight is 390 g/mol. The Labute approximate surface area is 166 Å². The highest BCUT2D eigenvalue weighted by Gasteiger charge is 2.28. The number of carbonyl (C=O) groups is 3. The number of likely N-dealkylation sites (tertiary alicyclic amines) is 1. The molecule has 2 N–H and O–H groups in total. The van der Waals surface area contributed by atoms with Crippen LogP contribution in [0.4, 0.5) is 4.79 Å². The topological polar surface area (TPSA) is 95.9 Å². The fourth-order valence-electron chi connectivity index (χ4n) is 3.33. The van der Waals surface area contributed by atoms with E-state index in [1.54, 1.807) is 25.7 Å². The van der Waals surface area contributed by atoms with Gasteiger partial charge in [0.1, 0.15) is 11.6 Å². The van der Waals surface area contributed by atoms with E-state index >= 15 is 0 Å². The first-order valence-corrected chi connectivity index (χ1v) is 9.71. The van der Waals surface area contributed by atoms with Crippen LogP contribution in [0, 0.1) is 0 Å². The van der Waals surface area contributed by atoms with Crippen LogP contribution in [0.15, 0.2) is 30.3 Å². The summed E-state index contributed by atoms with van der Waals surface area (Å²) in [5, 5.41) is 11.7. The SMILES string of the molecule is CC(C)(C)OC(=O)NC(CCC(=O)N1CCCC(c2ccccc2)C1)C(=O)O. The van der Waals surface area contributed by atoms with Crippen molar-refractivity contribution >= 4 is 18.0 Å². The van der Waals surface area contributed by atoms with Crippen LogP contribution in [-0.4, -0.2) is 52.7 Å². The molecule has 2 rings (SSSR count). The van der Waals surface area contributed by atoms with Gasteiger partial charge in [0.15, 0.2) is 0 Å². The van der Waals surface area contributed by atoms with Gasteiger partial charge in [-0.25, -0.2) is 9.59 Å². The molecule has 154 valence electrons. The van der Waals surface area contributed by atoms with E-state index < -0.39 is 23.7 Å². The van der Waals surface area contributed by atoms with Crippen molar-refractivity contribution in [2.75, 3.05) is 13.1 Å². The van der Waals surface area contributed by atoms with Crippen LogP contribution in [0.1, 0.15) is 57.9 Å². The van der Waals surface area contributed by atoms with E-state index in [-0.39, 0.29) is 18.7 Å². The number of carboxylic acids is 1. The van der Waals surface area contributed by atoms with Gasteiger partial charge in [0.05, 0.1) is 0 Å². The third-order valence-electron chi connectivity index (χ3n) is 4.68. The molecule has 1 aromatic rings. The van der Waals surface area contributed by atoms with Crippen molar-refractivity contribution in [2.45, 2.75) is 64.0 Å². The monoisotopic (exact) mass is 390 g/mol. The van der Waals surface area contributed by atoms with Crippen molar-refractivity contribution in [1.82, 2.24) is 10.2 Å². The number of amides is 2. The first-order chi connectivity index (χ1) is 13.2. The third kappa shape index (κ3) is 6.87. The van der Waals surface area contributed by atoms with E-state index in [1.165, 1.54) is 5.56 Å². The Kier molecular flexibility index (Phi) is 7.43. The maximum Gasteiger partial charge on any atom is 0.408 e. The Balaban J connectivity index is 1.88. The lowest BCUT2D eigenvalue weighted by molar-refractivity contribution is -0.140. The number of carboxylic acid groups (broad SMARTS) is 1. The number of aliphatic carboxylic acids is 1. The summed E-state index contributed by atoms with van der Waals surface area (Å²) < 4.78 is 5.10. The number of ether oxygens (including phenoxy) is 1. The first-order valence-electron chi connectivity index (χ1n) is 9.71. The van der Waals surface area contributed by atoms with Gasteiger partial charge in [0.2, 0.25) is 5.91 Å². The second-order valence-corrected chi connectivity index (χ2v) is 8.17. The summed E-state index contributed by atoms with van der Waals surface area (Å²) in [4.78, 5) is 37.7. The molecule has 0 saturated carbocycles. The molecule has 7 heteroatoms. The largest absolute Gasteiger partial charge is 0.480 e. The molecule has 2 atom stereocenters. The van der Waals surface area contributed by atoms with Gasteiger partial charge < -0.3 is 20.1 Å². The van der Waals surface area contributed by atoms with Gasteiger partial charge in [-0.1, -0.05) is 30.3 Å². The smallest absolute Gasteiger partial charge is 0.408 e. The van der Waals surface area contributed by atoms with Crippen LogP contribution in [-0.2, 0) is 14.3 Å². The molecule has 0 aromatic heterocycles. The van der Waals surface area contributed by atoms with Gasteiger partial charge >= 0.3 is 12.1 Å². The highest BCUT2D eigenvalue weighted by molar-refractivity contribution is 5.82. The Morgan fingerprint density at radius 1 is 1.25 bits per heavy atom. The summed E-state index contributed by atoms with van der Waals surface area (Å²) in [6.45, 7) is 6.42. The summed E-state index contributed by atoms with van der Waals surface area (Å²) in [7, 11) is 0. The van der Waals surface area contributed by atoms with Crippen molar-refractivity contribution in [3.8, 4) is 0 Å². The first kappa shape index (κ1) is 21.7. The fraction of sp³-hybridized carbons (Fsp3) is 0.571. The Bertz CT molecular complexity index is 684. The quantitative estimate of drug-likeness (QED) is 0.778. The molecule has 0 aliphatic carbocycles. The number of benzene rings is 1. The van der Waals surface area contributed by atoms with E-state index in [0.717, 1.165) is 12.8 Å². The van der Waals surface area contributed by atoms with Gasteiger partial charge in [-0.15, -0.1) is 0 Å². The minimum atomic E-state index is -1.18. The fourth-order valence-corrected chi connectivity index (χ4v) is 3.33. The molecule has 0 radical (unpaired) electrons. The Hall–Kier alpha value is -2.57. The lowest BCUT2D eigenvalue weighted by Crippen LogP contribution is -2.45. The molecular formula is C21H30N2O5. The zero-order valence-corrected chi connectivity index (χ0v) is 16.8. The Morgan fingerprint density at radius 3 is 2.54 bits per heavy atom.